The third kappa shape index (κ3) is 4.54. The van der Waals surface area contributed by atoms with Crippen LogP contribution in [0, 0.1) is 10.1 Å². The second-order valence-corrected chi connectivity index (χ2v) is 8.05. The van der Waals surface area contributed by atoms with Gasteiger partial charge in [-0.3, -0.25) is 24.6 Å². The van der Waals surface area contributed by atoms with Gasteiger partial charge >= 0.3 is 5.97 Å². The number of furan rings is 2. The molecule has 2 aromatic heterocycles. The molecule has 0 unspecified atom stereocenters. The summed E-state index contributed by atoms with van der Waals surface area (Å²) in [6, 6.07) is 10.3. The highest BCUT2D eigenvalue weighted by molar-refractivity contribution is 8.18. The Bertz CT molecular complexity index is 1330. The highest BCUT2D eigenvalue weighted by Gasteiger charge is 2.36. The van der Waals surface area contributed by atoms with Crippen LogP contribution in [0.3, 0.4) is 0 Å². The standard InChI is InChI=1S/C21H13ClN2O8S/c1-30-20(26)17-7-4-13(32-17)10-23-19(25)18(33-21(23)27)9-12-3-6-16(31-12)11-2-5-14(22)15(8-11)24(28)29/h2-9H,10H2,1H3/b18-9-. The Hall–Kier alpha value is -3.83. The molecule has 3 heterocycles. The number of methoxy groups -OCH3 is 1. The van der Waals surface area contributed by atoms with Gasteiger partial charge in [0.05, 0.1) is 23.5 Å². The Morgan fingerprint density at radius 2 is 2.00 bits per heavy atom. The maximum absolute atomic E-state index is 12.7. The molecule has 0 aliphatic carbocycles. The Kier molecular flexibility index (Phi) is 6.07. The SMILES string of the molecule is COC(=O)c1ccc(CN2C(=O)S/C(=C\c3ccc(-c4ccc(Cl)c([N+](=O)[O-])c4)o3)C2=O)o1. The highest BCUT2D eigenvalue weighted by atomic mass is 35.5. The monoisotopic (exact) mass is 488 g/mol. The Labute approximate surface area is 194 Å². The van der Waals surface area contributed by atoms with Gasteiger partial charge in [0, 0.05) is 17.7 Å². The molecule has 0 saturated carbocycles. The average Bonchev–Trinajstić information content (AvgIpc) is 3.51. The van der Waals surface area contributed by atoms with Crippen molar-refractivity contribution in [2.24, 2.45) is 0 Å². The molecule has 0 atom stereocenters. The van der Waals surface area contributed by atoms with Crippen LogP contribution in [-0.2, 0) is 16.1 Å². The van der Waals surface area contributed by atoms with Crippen LogP contribution in [0.2, 0.25) is 5.02 Å². The van der Waals surface area contributed by atoms with Crippen LogP contribution in [0.4, 0.5) is 10.5 Å². The molecule has 168 valence electrons. The number of benzene rings is 1. The summed E-state index contributed by atoms with van der Waals surface area (Å²) < 4.78 is 15.5. The fraction of sp³-hybridized carbons (Fsp3) is 0.0952. The smallest absolute Gasteiger partial charge is 0.373 e. The summed E-state index contributed by atoms with van der Waals surface area (Å²) in [6.45, 7) is -0.156. The van der Waals surface area contributed by atoms with Crippen LogP contribution < -0.4 is 0 Å². The fourth-order valence-electron chi connectivity index (χ4n) is 2.99. The van der Waals surface area contributed by atoms with Gasteiger partial charge in [0.25, 0.3) is 16.8 Å². The largest absolute Gasteiger partial charge is 0.463 e. The Morgan fingerprint density at radius 3 is 2.73 bits per heavy atom. The zero-order chi connectivity index (χ0) is 23.7. The van der Waals surface area contributed by atoms with Gasteiger partial charge in [-0.15, -0.1) is 0 Å². The van der Waals surface area contributed by atoms with Gasteiger partial charge in [0.1, 0.15) is 22.3 Å². The number of nitro groups is 1. The molecule has 0 bridgehead atoms. The molecule has 2 amide bonds. The van der Waals surface area contributed by atoms with E-state index in [1.807, 2.05) is 0 Å². The van der Waals surface area contributed by atoms with Crippen molar-refractivity contribution in [3.05, 3.63) is 79.8 Å². The van der Waals surface area contributed by atoms with Gasteiger partial charge in [-0.2, -0.15) is 0 Å². The van der Waals surface area contributed by atoms with Crippen LogP contribution in [0.25, 0.3) is 17.4 Å². The summed E-state index contributed by atoms with van der Waals surface area (Å²) in [5, 5.41) is 10.6. The van der Waals surface area contributed by atoms with Gasteiger partial charge in [-0.1, -0.05) is 11.6 Å². The molecular formula is C21H13ClN2O8S. The minimum Gasteiger partial charge on any atom is -0.463 e. The third-order valence-corrected chi connectivity index (χ3v) is 5.79. The lowest BCUT2D eigenvalue weighted by atomic mass is 10.1. The van der Waals surface area contributed by atoms with Gasteiger partial charge in [-0.25, -0.2) is 4.79 Å². The first kappa shape index (κ1) is 22.4. The molecule has 1 fully saturated rings. The van der Waals surface area contributed by atoms with Crippen molar-refractivity contribution in [1.29, 1.82) is 0 Å². The van der Waals surface area contributed by atoms with E-state index in [1.54, 1.807) is 18.2 Å². The topological polar surface area (TPSA) is 133 Å². The summed E-state index contributed by atoms with van der Waals surface area (Å²) in [5.41, 5.74) is 0.166. The van der Waals surface area contributed by atoms with Crippen molar-refractivity contribution < 1.29 is 32.9 Å². The molecule has 1 aromatic carbocycles. The van der Waals surface area contributed by atoms with Crippen molar-refractivity contribution in [3.63, 3.8) is 0 Å². The summed E-state index contributed by atoms with van der Waals surface area (Å²) in [6.07, 6.45) is 1.40. The number of hydrogen-bond donors (Lipinski definition) is 0. The van der Waals surface area contributed by atoms with E-state index in [0.29, 0.717) is 11.3 Å². The van der Waals surface area contributed by atoms with Crippen LogP contribution in [0.5, 0.6) is 0 Å². The normalized spacial score (nSPS) is 14.8. The predicted molar refractivity (Wildman–Crippen MR) is 117 cm³/mol. The molecule has 3 aromatic rings. The van der Waals surface area contributed by atoms with E-state index in [-0.39, 0.29) is 39.4 Å². The molecule has 4 rings (SSSR count). The number of halogens is 1. The third-order valence-electron chi connectivity index (χ3n) is 4.56. The van der Waals surface area contributed by atoms with Crippen LogP contribution in [0.15, 0.2) is 56.2 Å². The Morgan fingerprint density at radius 1 is 1.21 bits per heavy atom. The first-order valence-corrected chi connectivity index (χ1v) is 10.4. The van der Waals surface area contributed by atoms with Crippen molar-refractivity contribution in [2.75, 3.05) is 7.11 Å². The number of carbonyl (C=O) groups is 3. The van der Waals surface area contributed by atoms with Crippen LogP contribution in [0.1, 0.15) is 22.1 Å². The van der Waals surface area contributed by atoms with E-state index in [9.17, 15) is 24.5 Å². The molecule has 12 heteroatoms. The number of nitro benzene ring substituents is 1. The lowest BCUT2D eigenvalue weighted by Crippen LogP contribution is -2.27. The number of carbonyl (C=O) groups excluding carboxylic acids is 3. The molecular weight excluding hydrogens is 476 g/mol. The maximum atomic E-state index is 12.7. The molecule has 0 spiro atoms. The minimum absolute atomic E-state index is 0.000493. The van der Waals surface area contributed by atoms with E-state index >= 15 is 0 Å². The van der Waals surface area contributed by atoms with Crippen molar-refractivity contribution in [3.8, 4) is 11.3 Å². The fourth-order valence-corrected chi connectivity index (χ4v) is 3.99. The molecule has 33 heavy (non-hydrogen) atoms. The van der Waals surface area contributed by atoms with Gasteiger partial charge in [0.15, 0.2) is 0 Å². The van der Waals surface area contributed by atoms with Crippen molar-refractivity contribution in [2.45, 2.75) is 6.54 Å². The van der Waals surface area contributed by atoms with Crippen LogP contribution >= 0.6 is 23.4 Å². The number of thioether (sulfide) groups is 1. The van der Waals surface area contributed by atoms with Crippen molar-refractivity contribution >= 4 is 52.2 Å². The number of amides is 2. The molecule has 0 radical (unpaired) electrons. The highest BCUT2D eigenvalue weighted by Crippen LogP contribution is 2.35. The lowest BCUT2D eigenvalue weighted by molar-refractivity contribution is -0.384. The molecule has 1 aliphatic heterocycles. The average molecular weight is 489 g/mol. The number of imide groups is 1. The molecule has 1 aliphatic rings. The second-order valence-electron chi connectivity index (χ2n) is 6.65. The summed E-state index contributed by atoms with van der Waals surface area (Å²) >= 11 is 6.56. The minimum atomic E-state index is -0.671. The number of ether oxygens (including phenoxy) is 1. The quantitative estimate of drug-likeness (QED) is 0.200. The van der Waals surface area contributed by atoms with Crippen LogP contribution in [-0.4, -0.2) is 34.0 Å². The van der Waals surface area contributed by atoms with Gasteiger partial charge in [0.2, 0.25) is 5.76 Å². The summed E-state index contributed by atoms with van der Waals surface area (Å²) in [4.78, 5) is 48.1. The number of esters is 1. The zero-order valence-corrected chi connectivity index (χ0v) is 18.3. The second kappa shape index (κ2) is 8.96. The molecule has 1 saturated heterocycles. The van der Waals surface area contributed by atoms with Gasteiger partial charge in [-0.05, 0) is 48.2 Å². The van der Waals surface area contributed by atoms with E-state index in [1.165, 1.54) is 37.5 Å². The number of hydrogen-bond acceptors (Lipinski definition) is 9. The van der Waals surface area contributed by atoms with E-state index in [4.69, 9.17) is 20.4 Å². The number of rotatable bonds is 6. The van der Waals surface area contributed by atoms with E-state index in [0.717, 1.165) is 16.7 Å². The first-order valence-electron chi connectivity index (χ1n) is 9.23. The lowest BCUT2D eigenvalue weighted by Gasteiger charge is -2.09. The van der Waals surface area contributed by atoms with E-state index < -0.39 is 22.0 Å². The first-order chi connectivity index (χ1) is 15.8. The predicted octanol–water partition coefficient (Wildman–Crippen LogP) is 5.12. The summed E-state index contributed by atoms with van der Waals surface area (Å²) in [7, 11) is 1.21. The molecule has 10 nitrogen and oxygen atoms in total. The summed E-state index contributed by atoms with van der Waals surface area (Å²) in [5.74, 6) is -0.426. The number of nitrogens with zero attached hydrogens (tertiary/aromatic N) is 2. The van der Waals surface area contributed by atoms with Gasteiger partial charge < -0.3 is 13.6 Å². The maximum Gasteiger partial charge on any atom is 0.373 e. The van der Waals surface area contributed by atoms with E-state index in [2.05, 4.69) is 4.74 Å². The van der Waals surface area contributed by atoms with Crippen molar-refractivity contribution in [1.82, 2.24) is 4.90 Å². The Balaban J connectivity index is 1.52. The zero-order valence-electron chi connectivity index (χ0n) is 16.8. The molecule has 0 N–H and O–H groups in total.